The highest BCUT2D eigenvalue weighted by Crippen LogP contribution is 2.36. The summed E-state index contributed by atoms with van der Waals surface area (Å²) in [6.45, 7) is 3.12. The van der Waals surface area contributed by atoms with E-state index in [0.29, 0.717) is 42.0 Å². The molecule has 0 bridgehead atoms. The SMILES string of the molecule is COC(=O)C=C1CCC(c2ccc(O)cc2)CC1.COC(=O)CP(C)(C)=O.O=C1CCC(c2ccc(O)cc2)CC1. The first-order valence-electron chi connectivity index (χ1n) is 13.9. The molecule has 4 rings (SSSR count). The van der Waals surface area contributed by atoms with Gasteiger partial charge < -0.3 is 24.3 Å². The number of rotatable bonds is 5. The number of ether oxygens (including phenoxy) is 2. The van der Waals surface area contributed by atoms with Crippen LogP contribution in [0.25, 0.3) is 0 Å². The molecule has 0 atom stereocenters. The fraction of sp³-hybridized carbons (Fsp3) is 0.469. The summed E-state index contributed by atoms with van der Waals surface area (Å²) in [5.74, 6) is 1.38. The van der Waals surface area contributed by atoms with Crippen molar-refractivity contribution in [2.24, 2.45) is 0 Å². The predicted molar refractivity (Wildman–Crippen MR) is 160 cm³/mol. The van der Waals surface area contributed by atoms with Gasteiger partial charge >= 0.3 is 11.9 Å². The molecule has 224 valence electrons. The van der Waals surface area contributed by atoms with E-state index in [1.807, 2.05) is 24.3 Å². The van der Waals surface area contributed by atoms with E-state index in [2.05, 4.69) is 9.47 Å². The van der Waals surface area contributed by atoms with Gasteiger partial charge in [-0.1, -0.05) is 29.8 Å². The molecule has 8 nitrogen and oxygen atoms in total. The van der Waals surface area contributed by atoms with Gasteiger partial charge in [0.2, 0.25) is 0 Å². The highest BCUT2D eigenvalue weighted by molar-refractivity contribution is 7.63. The summed E-state index contributed by atoms with van der Waals surface area (Å²) < 4.78 is 19.8. The van der Waals surface area contributed by atoms with Crippen molar-refractivity contribution in [1.29, 1.82) is 0 Å². The van der Waals surface area contributed by atoms with Crippen molar-refractivity contribution in [1.82, 2.24) is 0 Å². The van der Waals surface area contributed by atoms with E-state index in [1.54, 1.807) is 43.7 Å². The van der Waals surface area contributed by atoms with Gasteiger partial charge in [0.15, 0.2) is 0 Å². The monoisotopic (exact) mass is 586 g/mol. The van der Waals surface area contributed by atoms with Crippen molar-refractivity contribution < 1.29 is 38.6 Å². The number of esters is 2. The standard InChI is InChI=1S/C15H18O3.C12H14O2.C5H11O3P/c1-18-15(17)10-11-2-4-12(5-3-11)13-6-8-14(16)9-7-13;13-11-5-1-9(2-6-11)10-3-7-12(14)8-4-10;1-8-5(6)4-9(2,3)7/h6-10,12,16H,2-5H2,1H3;1-2,5-6,10,13H,3-4,7-8H2;4H2,1-3H3. The molecule has 2 saturated carbocycles. The van der Waals surface area contributed by atoms with Crippen LogP contribution in [0.4, 0.5) is 0 Å². The first kappa shape index (κ1) is 33.8. The van der Waals surface area contributed by atoms with Crippen molar-refractivity contribution in [3.63, 3.8) is 0 Å². The van der Waals surface area contributed by atoms with Gasteiger partial charge in [-0.2, -0.15) is 0 Å². The molecular weight excluding hydrogens is 543 g/mol. The fourth-order valence-electron chi connectivity index (χ4n) is 4.83. The molecule has 0 unspecified atom stereocenters. The van der Waals surface area contributed by atoms with E-state index < -0.39 is 13.1 Å². The van der Waals surface area contributed by atoms with Crippen molar-refractivity contribution in [3.8, 4) is 11.5 Å². The van der Waals surface area contributed by atoms with Gasteiger partial charge in [-0.05, 0) is 99.1 Å². The minimum absolute atomic E-state index is 0.0451. The Labute approximate surface area is 243 Å². The molecule has 0 radical (unpaired) electrons. The lowest BCUT2D eigenvalue weighted by molar-refractivity contribution is -0.137. The van der Waals surface area contributed by atoms with Crippen molar-refractivity contribution >= 4 is 24.9 Å². The average molecular weight is 587 g/mol. The molecule has 0 amide bonds. The Kier molecular flexibility index (Phi) is 13.8. The lowest BCUT2D eigenvalue weighted by Crippen LogP contribution is -2.12. The Hall–Kier alpha value is -3.38. The second-order valence-corrected chi connectivity index (χ2v) is 14.4. The molecule has 0 spiro atoms. The van der Waals surface area contributed by atoms with Crippen LogP contribution < -0.4 is 0 Å². The fourth-order valence-corrected chi connectivity index (χ4v) is 5.58. The van der Waals surface area contributed by atoms with Crippen molar-refractivity contribution in [2.45, 2.75) is 63.2 Å². The highest BCUT2D eigenvalue weighted by atomic mass is 31.2. The molecule has 2 N–H and O–H groups in total. The average Bonchev–Trinajstić information content (AvgIpc) is 2.94. The van der Waals surface area contributed by atoms with E-state index in [1.165, 1.54) is 30.9 Å². The molecule has 0 saturated heterocycles. The van der Waals surface area contributed by atoms with Crippen LogP contribution >= 0.6 is 7.14 Å². The molecule has 2 aliphatic carbocycles. The Morgan fingerprint density at radius 3 is 1.54 bits per heavy atom. The summed E-state index contributed by atoms with van der Waals surface area (Å²) >= 11 is 0. The molecule has 0 aromatic heterocycles. The van der Waals surface area contributed by atoms with E-state index in [9.17, 15) is 24.1 Å². The van der Waals surface area contributed by atoms with Crippen LogP contribution in [0.15, 0.2) is 60.2 Å². The summed E-state index contributed by atoms with van der Waals surface area (Å²) in [5, 5.41) is 18.4. The molecule has 9 heteroatoms. The zero-order valence-electron chi connectivity index (χ0n) is 24.5. The molecule has 2 aliphatic rings. The number of phenols is 2. The first-order chi connectivity index (χ1) is 19.4. The number of aromatic hydroxyl groups is 2. The van der Waals surface area contributed by atoms with Gasteiger partial charge in [0.25, 0.3) is 0 Å². The Balaban J connectivity index is 0.000000228. The normalized spacial score (nSPS) is 17.2. The minimum atomic E-state index is -2.21. The number of methoxy groups -OCH3 is 2. The van der Waals surface area contributed by atoms with E-state index in [0.717, 1.165) is 38.5 Å². The van der Waals surface area contributed by atoms with Crippen molar-refractivity contribution in [3.05, 3.63) is 71.3 Å². The number of hydrogen-bond acceptors (Lipinski definition) is 8. The zero-order chi connectivity index (χ0) is 30.4. The third-order valence-corrected chi connectivity index (χ3v) is 8.18. The Bertz CT molecular complexity index is 1190. The maximum atomic E-state index is 11.1. The van der Waals surface area contributed by atoms with Gasteiger partial charge in [0, 0.05) is 18.9 Å². The smallest absolute Gasteiger partial charge is 0.330 e. The molecule has 2 aromatic carbocycles. The number of ketones is 1. The molecule has 2 fully saturated rings. The van der Waals surface area contributed by atoms with Gasteiger partial charge in [0.1, 0.15) is 17.3 Å². The third kappa shape index (κ3) is 13.2. The predicted octanol–water partition coefficient (Wildman–Crippen LogP) is 6.55. The van der Waals surface area contributed by atoms with Gasteiger partial charge in [0.05, 0.1) is 27.5 Å². The minimum Gasteiger partial charge on any atom is -0.508 e. The summed E-state index contributed by atoms with van der Waals surface area (Å²) in [7, 11) is 0.481. The second-order valence-electron chi connectivity index (χ2n) is 10.9. The van der Waals surface area contributed by atoms with Crippen LogP contribution in [-0.4, -0.2) is 61.6 Å². The quantitative estimate of drug-likeness (QED) is 0.229. The lowest BCUT2D eigenvalue weighted by Gasteiger charge is -2.24. The maximum absolute atomic E-state index is 11.1. The van der Waals surface area contributed by atoms with Crippen LogP contribution in [0.5, 0.6) is 11.5 Å². The number of Topliss-reactive ketones (excluding diaryl/α,β-unsaturated/α-hetero) is 1. The topological polar surface area (TPSA) is 127 Å². The van der Waals surface area contributed by atoms with E-state index in [-0.39, 0.29) is 12.1 Å². The Morgan fingerprint density at radius 2 is 1.20 bits per heavy atom. The van der Waals surface area contributed by atoms with Crippen LogP contribution in [0.3, 0.4) is 0 Å². The largest absolute Gasteiger partial charge is 0.508 e. The molecular formula is C32H43O8P. The number of hydrogen-bond donors (Lipinski definition) is 2. The number of phenolic OH excluding ortho intramolecular Hbond substituents is 2. The highest BCUT2D eigenvalue weighted by Gasteiger charge is 2.20. The second kappa shape index (κ2) is 16.8. The Morgan fingerprint density at radius 1 is 0.780 bits per heavy atom. The molecule has 0 aliphatic heterocycles. The molecule has 41 heavy (non-hydrogen) atoms. The third-order valence-electron chi connectivity index (χ3n) is 7.16. The van der Waals surface area contributed by atoms with Gasteiger partial charge in [-0.25, -0.2) is 4.79 Å². The van der Waals surface area contributed by atoms with Crippen LogP contribution in [0.1, 0.15) is 74.3 Å². The van der Waals surface area contributed by atoms with Crippen molar-refractivity contribution in [2.75, 3.05) is 33.7 Å². The van der Waals surface area contributed by atoms with E-state index >= 15 is 0 Å². The van der Waals surface area contributed by atoms with Crippen LogP contribution in [0, 0.1) is 0 Å². The number of carbonyl (C=O) groups excluding carboxylic acids is 3. The number of benzene rings is 2. The molecule has 2 aromatic rings. The zero-order valence-corrected chi connectivity index (χ0v) is 25.4. The number of allylic oxidation sites excluding steroid dienone is 1. The summed E-state index contributed by atoms with van der Waals surface area (Å²) in [4.78, 5) is 32.6. The first-order valence-corrected chi connectivity index (χ1v) is 16.7. The van der Waals surface area contributed by atoms with Crippen LogP contribution in [-0.2, 0) is 28.4 Å². The van der Waals surface area contributed by atoms with Crippen LogP contribution in [0.2, 0.25) is 0 Å². The maximum Gasteiger partial charge on any atom is 0.330 e. The summed E-state index contributed by atoms with van der Waals surface area (Å²) in [5.41, 5.74) is 3.69. The van der Waals surface area contributed by atoms with E-state index in [4.69, 9.17) is 5.11 Å². The van der Waals surface area contributed by atoms with Gasteiger partial charge in [-0.15, -0.1) is 0 Å². The summed E-state index contributed by atoms with van der Waals surface area (Å²) in [6, 6.07) is 14.8. The van der Waals surface area contributed by atoms with Gasteiger partial charge in [-0.3, -0.25) is 9.59 Å². The summed E-state index contributed by atoms with van der Waals surface area (Å²) in [6.07, 6.45) is 9.00. The molecule has 0 heterocycles. The lowest BCUT2D eigenvalue weighted by atomic mass is 9.81. The number of carbonyl (C=O) groups is 3.